The highest BCUT2D eigenvalue weighted by molar-refractivity contribution is 5.80. The first kappa shape index (κ1) is 14.8. The van der Waals surface area contributed by atoms with E-state index in [1.54, 1.807) is 4.90 Å². The summed E-state index contributed by atoms with van der Waals surface area (Å²) in [6.07, 6.45) is 2.53. The van der Waals surface area contributed by atoms with Crippen LogP contribution in [0.15, 0.2) is 0 Å². The summed E-state index contributed by atoms with van der Waals surface area (Å²) in [5.41, 5.74) is -0.776. The van der Waals surface area contributed by atoms with Crippen LogP contribution in [0.1, 0.15) is 40.0 Å². The van der Waals surface area contributed by atoms with Crippen molar-refractivity contribution in [3.8, 4) is 0 Å². The monoisotopic (exact) mass is 256 g/mol. The second-order valence-corrected chi connectivity index (χ2v) is 5.37. The number of carbonyl (C=O) groups excluding carboxylic acids is 1. The van der Waals surface area contributed by atoms with E-state index in [1.807, 2.05) is 13.8 Å². The molecule has 1 aliphatic heterocycles. The smallest absolute Gasteiger partial charge is 0.317 e. The molecule has 2 amide bonds. The third-order valence-electron chi connectivity index (χ3n) is 3.93. The van der Waals surface area contributed by atoms with Crippen molar-refractivity contribution in [2.45, 2.75) is 40.0 Å². The second-order valence-electron chi connectivity index (χ2n) is 5.37. The van der Waals surface area contributed by atoms with Gasteiger partial charge in [0.1, 0.15) is 0 Å². The van der Waals surface area contributed by atoms with Crippen molar-refractivity contribution in [2.75, 3.05) is 19.6 Å². The summed E-state index contributed by atoms with van der Waals surface area (Å²) < 4.78 is 0. The van der Waals surface area contributed by atoms with E-state index >= 15 is 0 Å². The summed E-state index contributed by atoms with van der Waals surface area (Å²) in [7, 11) is 0. The van der Waals surface area contributed by atoms with Crippen molar-refractivity contribution in [3.63, 3.8) is 0 Å². The minimum absolute atomic E-state index is 0.0310. The number of carbonyl (C=O) groups is 2. The Hall–Kier alpha value is -1.26. The van der Waals surface area contributed by atoms with E-state index in [4.69, 9.17) is 0 Å². The Balaban J connectivity index is 2.58. The molecule has 1 rings (SSSR count). The van der Waals surface area contributed by atoms with Crippen LogP contribution in [0.2, 0.25) is 0 Å². The number of rotatable bonds is 5. The molecule has 0 radical (unpaired) electrons. The Kier molecular flexibility index (Phi) is 4.99. The number of likely N-dealkylation sites (tertiary alicyclic amines) is 1. The number of carboxylic acid groups (broad SMARTS) is 1. The lowest BCUT2D eigenvalue weighted by atomic mass is 9.76. The van der Waals surface area contributed by atoms with Crippen LogP contribution < -0.4 is 5.32 Å². The Labute approximate surface area is 109 Å². The van der Waals surface area contributed by atoms with Gasteiger partial charge in [-0.3, -0.25) is 4.79 Å². The van der Waals surface area contributed by atoms with Crippen molar-refractivity contribution >= 4 is 12.0 Å². The molecule has 5 nitrogen and oxygen atoms in total. The van der Waals surface area contributed by atoms with Crippen molar-refractivity contribution in [1.82, 2.24) is 10.2 Å². The second kappa shape index (κ2) is 6.07. The van der Waals surface area contributed by atoms with Crippen LogP contribution in [0.3, 0.4) is 0 Å². The first-order valence-electron chi connectivity index (χ1n) is 6.70. The van der Waals surface area contributed by atoms with E-state index < -0.39 is 11.4 Å². The van der Waals surface area contributed by atoms with Crippen molar-refractivity contribution in [3.05, 3.63) is 0 Å². The molecule has 1 atom stereocenters. The van der Waals surface area contributed by atoms with E-state index in [-0.39, 0.29) is 11.9 Å². The molecule has 0 saturated carbocycles. The van der Waals surface area contributed by atoms with Gasteiger partial charge in [0.25, 0.3) is 0 Å². The molecule has 5 heteroatoms. The number of aliphatic carboxylic acids is 1. The first-order valence-corrected chi connectivity index (χ1v) is 6.70. The minimum atomic E-state index is -0.790. The summed E-state index contributed by atoms with van der Waals surface area (Å²) in [5, 5.41) is 12.2. The molecule has 0 aromatic carbocycles. The maximum Gasteiger partial charge on any atom is 0.317 e. The average Bonchev–Trinajstić information content (AvgIpc) is 2.75. The van der Waals surface area contributed by atoms with Crippen LogP contribution in [-0.2, 0) is 4.79 Å². The van der Waals surface area contributed by atoms with Crippen LogP contribution in [0.5, 0.6) is 0 Å². The molecular weight excluding hydrogens is 232 g/mol. The Morgan fingerprint density at radius 3 is 2.56 bits per heavy atom. The molecule has 0 aromatic heterocycles. The third kappa shape index (κ3) is 2.94. The summed E-state index contributed by atoms with van der Waals surface area (Å²) in [6, 6.07) is -0.132. The van der Waals surface area contributed by atoms with Gasteiger partial charge in [0.05, 0.1) is 5.41 Å². The lowest BCUT2D eigenvalue weighted by Gasteiger charge is -2.28. The number of amides is 2. The fourth-order valence-electron chi connectivity index (χ4n) is 2.38. The van der Waals surface area contributed by atoms with Gasteiger partial charge < -0.3 is 15.3 Å². The van der Waals surface area contributed by atoms with Gasteiger partial charge in [0.2, 0.25) is 0 Å². The standard InChI is InChI=1S/C13H24N2O3/c1-4-5-7-14-12(18)15-8-6-13(9-15,10(2)3)11(16)17/h10H,4-9H2,1-3H3,(H,14,18)(H,16,17). The van der Waals surface area contributed by atoms with Crippen LogP contribution in [-0.4, -0.2) is 41.6 Å². The van der Waals surface area contributed by atoms with Gasteiger partial charge in [-0.25, -0.2) is 4.79 Å². The fourth-order valence-corrected chi connectivity index (χ4v) is 2.38. The molecule has 2 N–H and O–H groups in total. The van der Waals surface area contributed by atoms with E-state index in [0.717, 1.165) is 12.8 Å². The number of urea groups is 1. The Morgan fingerprint density at radius 1 is 1.44 bits per heavy atom. The van der Waals surface area contributed by atoms with Crippen molar-refractivity contribution in [2.24, 2.45) is 11.3 Å². The summed E-state index contributed by atoms with van der Waals surface area (Å²) in [4.78, 5) is 24.9. The third-order valence-corrected chi connectivity index (χ3v) is 3.93. The molecule has 0 aliphatic carbocycles. The first-order chi connectivity index (χ1) is 8.44. The fraction of sp³-hybridized carbons (Fsp3) is 0.846. The van der Waals surface area contributed by atoms with Gasteiger partial charge in [-0.05, 0) is 18.8 Å². The van der Waals surface area contributed by atoms with Crippen molar-refractivity contribution < 1.29 is 14.7 Å². The highest BCUT2D eigenvalue weighted by atomic mass is 16.4. The zero-order chi connectivity index (χ0) is 13.8. The highest BCUT2D eigenvalue weighted by Gasteiger charge is 2.48. The highest BCUT2D eigenvalue weighted by Crippen LogP contribution is 2.38. The maximum absolute atomic E-state index is 11.9. The molecule has 1 unspecified atom stereocenters. The van der Waals surface area contributed by atoms with Gasteiger partial charge >= 0.3 is 12.0 Å². The molecule has 18 heavy (non-hydrogen) atoms. The SMILES string of the molecule is CCCCNC(=O)N1CCC(C(=O)O)(C(C)C)C1. The van der Waals surface area contributed by atoms with Crippen LogP contribution in [0.4, 0.5) is 4.79 Å². The number of unbranched alkanes of at least 4 members (excludes halogenated alkanes) is 1. The molecule has 1 fully saturated rings. The summed E-state index contributed by atoms with van der Waals surface area (Å²) >= 11 is 0. The largest absolute Gasteiger partial charge is 0.481 e. The molecule has 0 aromatic rings. The molecule has 104 valence electrons. The van der Waals surface area contributed by atoms with E-state index in [2.05, 4.69) is 12.2 Å². The topological polar surface area (TPSA) is 69.6 Å². The molecule has 0 bridgehead atoms. The average molecular weight is 256 g/mol. The molecule has 0 spiro atoms. The Bertz CT molecular complexity index is 317. The van der Waals surface area contributed by atoms with Crippen molar-refractivity contribution in [1.29, 1.82) is 0 Å². The number of nitrogens with one attached hydrogen (secondary N) is 1. The molecular formula is C13H24N2O3. The lowest BCUT2D eigenvalue weighted by molar-refractivity contribution is -0.150. The predicted molar refractivity (Wildman–Crippen MR) is 69.4 cm³/mol. The molecule has 1 saturated heterocycles. The molecule has 1 aliphatic rings. The van der Waals surface area contributed by atoms with E-state index in [1.165, 1.54) is 0 Å². The van der Waals surface area contributed by atoms with E-state index in [0.29, 0.717) is 26.1 Å². The summed E-state index contributed by atoms with van der Waals surface area (Å²) in [5.74, 6) is -0.759. The van der Waals surface area contributed by atoms with Gasteiger partial charge in [0.15, 0.2) is 0 Å². The maximum atomic E-state index is 11.9. The predicted octanol–water partition coefficient (Wildman–Crippen LogP) is 1.93. The number of carboxylic acids is 1. The number of nitrogens with zero attached hydrogens (tertiary/aromatic N) is 1. The normalized spacial score (nSPS) is 23.4. The van der Waals surface area contributed by atoms with Crippen LogP contribution in [0, 0.1) is 11.3 Å². The van der Waals surface area contributed by atoms with Gasteiger partial charge in [-0.2, -0.15) is 0 Å². The number of hydrogen-bond donors (Lipinski definition) is 2. The molecule has 1 heterocycles. The van der Waals surface area contributed by atoms with Gasteiger partial charge in [-0.1, -0.05) is 27.2 Å². The van der Waals surface area contributed by atoms with Crippen LogP contribution >= 0.6 is 0 Å². The van der Waals surface area contributed by atoms with Gasteiger partial charge in [-0.15, -0.1) is 0 Å². The quantitative estimate of drug-likeness (QED) is 0.738. The Morgan fingerprint density at radius 2 is 2.11 bits per heavy atom. The van der Waals surface area contributed by atoms with Crippen LogP contribution in [0.25, 0.3) is 0 Å². The summed E-state index contributed by atoms with van der Waals surface area (Å²) in [6.45, 7) is 7.39. The zero-order valence-electron chi connectivity index (χ0n) is 11.5. The van der Waals surface area contributed by atoms with Gasteiger partial charge in [0, 0.05) is 19.6 Å². The van der Waals surface area contributed by atoms with E-state index in [9.17, 15) is 14.7 Å². The lowest BCUT2D eigenvalue weighted by Crippen LogP contribution is -2.43. The minimum Gasteiger partial charge on any atom is -0.481 e. The zero-order valence-corrected chi connectivity index (χ0v) is 11.5. The number of hydrogen-bond acceptors (Lipinski definition) is 2.